The summed E-state index contributed by atoms with van der Waals surface area (Å²) >= 11 is 7.13. The van der Waals surface area contributed by atoms with Gasteiger partial charge in [-0.05, 0) is 23.8 Å². The maximum atomic E-state index is 13.3. The molecule has 0 saturated carbocycles. The van der Waals surface area contributed by atoms with Crippen LogP contribution in [0.1, 0.15) is 5.56 Å². The number of hydrogen-bond donors (Lipinski definition) is 0. The normalized spacial score (nSPS) is 10.5. The molecule has 0 bridgehead atoms. The molecular weight excluding hydrogens is 264 g/mol. The fraction of sp³-hybridized carbons (Fsp3) is 0.0833. The second kappa shape index (κ2) is 5.47. The Morgan fingerprint density at radius 3 is 2.76 bits per heavy atom. The zero-order valence-electron chi connectivity index (χ0n) is 8.66. The van der Waals surface area contributed by atoms with Gasteiger partial charge in [-0.15, -0.1) is 11.8 Å². The van der Waals surface area contributed by atoms with E-state index in [4.69, 9.17) is 11.6 Å². The monoisotopic (exact) mass is 271 g/mol. The van der Waals surface area contributed by atoms with Gasteiger partial charge < -0.3 is 0 Å². The molecule has 0 aliphatic carbocycles. The molecule has 1 aromatic heterocycles. The molecule has 0 aliphatic rings. The molecule has 0 spiro atoms. The lowest BCUT2D eigenvalue weighted by molar-refractivity contribution is 0.565. The Balaban J connectivity index is 2.10. The SMILES string of the molecule is Fc1ccc(SCc2cccnc2Cl)c(F)c1. The quantitative estimate of drug-likeness (QED) is 0.610. The van der Waals surface area contributed by atoms with E-state index in [1.54, 1.807) is 12.3 Å². The molecule has 0 N–H and O–H groups in total. The van der Waals surface area contributed by atoms with Crippen molar-refractivity contribution in [2.75, 3.05) is 0 Å². The fourth-order valence-electron chi connectivity index (χ4n) is 1.27. The summed E-state index contributed by atoms with van der Waals surface area (Å²) in [5.74, 6) is -0.642. The topological polar surface area (TPSA) is 12.9 Å². The van der Waals surface area contributed by atoms with Crippen molar-refractivity contribution < 1.29 is 8.78 Å². The summed E-state index contributed by atoms with van der Waals surface area (Å²) in [6.07, 6.45) is 1.59. The maximum Gasteiger partial charge on any atom is 0.139 e. The molecule has 0 unspecified atom stereocenters. The zero-order chi connectivity index (χ0) is 12.3. The van der Waals surface area contributed by atoms with Crippen molar-refractivity contribution in [1.82, 2.24) is 4.98 Å². The third-order valence-corrected chi connectivity index (χ3v) is 3.55. The smallest absolute Gasteiger partial charge is 0.139 e. The van der Waals surface area contributed by atoms with Gasteiger partial charge >= 0.3 is 0 Å². The number of aromatic nitrogens is 1. The van der Waals surface area contributed by atoms with Crippen LogP contribution in [0.5, 0.6) is 0 Å². The third-order valence-electron chi connectivity index (χ3n) is 2.11. The molecule has 5 heteroatoms. The predicted molar refractivity (Wildman–Crippen MR) is 65.2 cm³/mol. The summed E-state index contributed by atoms with van der Waals surface area (Å²) in [4.78, 5) is 4.32. The highest BCUT2D eigenvalue weighted by Gasteiger charge is 2.06. The van der Waals surface area contributed by atoms with Gasteiger partial charge in [0.05, 0.1) is 0 Å². The predicted octanol–water partition coefficient (Wildman–Crippen LogP) is 4.31. The number of thioether (sulfide) groups is 1. The highest BCUT2D eigenvalue weighted by molar-refractivity contribution is 7.98. The zero-order valence-corrected chi connectivity index (χ0v) is 10.2. The molecule has 2 aromatic rings. The summed E-state index contributed by atoms with van der Waals surface area (Å²) in [6, 6.07) is 7.11. The van der Waals surface area contributed by atoms with E-state index >= 15 is 0 Å². The molecule has 0 atom stereocenters. The lowest BCUT2D eigenvalue weighted by Crippen LogP contribution is -1.88. The van der Waals surface area contributed by atoms with Crippen molar-refractivity contribution in [3.8, 4) is 0 Å². The first-order chi connectivity index (χ1) is 8.16. The highest BCUT2D eigenvalue weighted by Crippen LogP contribution is 2.27. The van der Waals surface area contributed by atoms with Gasteiger partial charge in [-0.3, -0.25) is 0 Å². The number of benzene rings is 1. The van der Waals surface area contributed by atoms with Gasteiger partial charge in [0.1, 0.15) is 16.8 Å². The van der Waals surface area contributed by atoms with Crippen LogP contribution >= 0.6 is 23.4 Å². The fourth-order valence-corrected chi connectivity index (χ4v) is 2.45. The molecule has 0 aliphatic heterocycles. The Morgan fingerprint density at radius 1 is 1.24 bits per heavy atom. The molecule has 1 nitrogen and oxygen atoms in total. The number of rotatable bonds is 3. The molecule has 1 heterocycles. The van der Waals surface area contributed by atoms with E-state index in [2.05, 4.69) is 4.98 Å². The molecular formula is C12H8ClF2NS. The first kappa shape index (κ1) is 12.3. The molecule has 17 heavy (non-hydrogen) atoms. The van der Waals surface area contributed by atoms with Crippen molar-refractivity contribution in [2.24, 2.45) is 0 Å². The molecule has 0 fully saturated rings. The van der Waals surface area contributed by atoms with E-state index < -0.39 is 11.6 Å². The van der Waals surface area contributed by atoms with Gasteiger partial charge in [0, 0.05) is 22.9 Å². The Kier molecular flexibility index (Phi) is 3.97. The Labute approximate surface area is 107 Å². The minimum Gasteiger partial charge on any atom is -0.244 e. The summed E-state index contributed by atoms with van der Waals surface area (Å²) in [7, 11) is 0. The lowest BCUT2D eigenvalue weighted by Gasteiger charge is -2.04. The number of halogens is 3. The summed E-state index contributed by atoms with van der Waals surface area (Å²) in [6.45, 7) is 0. The summed E-state index contributed by atoms with van der Waals surface area (Å²) in [5.41, 5.74) is 0.822. The Hall–Kier alpha value is -1.13. The van der Waals surface area contributed by atoms with Gasteiger partial charge in [0.25, 0.3) is 0 Å². The van der Waals surface area contributed by atoms with Crippen molar-refractivity contribution in [3.63, 3.8) is 0 Å². The van der Waals surface area contributed by atoms with E-state index in [1.165, 1.54) is 23.9 Å². The van der Waals surface area contributed by atoms with E-state index in [1.807, 2.05) is 6.07 Å². The summed E-state index contributed by atoms with van der Waals surface area (Å²) < 4.78 is 26.0. The average Bonchev–Trinajstić information content (AvgIpc) is 2.30. The van der Waals surface area contributed by atoms with Crippen molar-refractivity contribution >= 4 is 23.4 Å². The van der Waals surface area contributed by atoms with E-state index in [-0.39, 0.29) is 0 Å². The molecule has 2 rings (SSSR count). The van der Waals surface area contributed by atoms with E-state index in [0.29, 0.717) is 15.8 Å². The van der Waals surface area contributed by atoms with Crippen LogP contribution in [0.15, 0.2) is 41.4 Å². The number of nitrogens with zero attached hydrogens (tertiary/aromatic N) is 1. The van der Waals surface area contributed by atoms with Crippen LogP contribution in [0.4, 0.5) is 8.78 Å². The van der Waals surface area contributed by atoms with Gasteiger partial charge in [0.2, 0.25) is 0 Å². The standard InChI is InChI=1S/C12H8ClF2NS/c13-12-8(2-1-5-16-12)7-17-11-4-3-9(14)6-10(11)15/h1-6H,7H2. The molecule has 0 amide bonds. The minimum absolute atomic E-state index is 0.395. The van der Waals surface area contributed by atoms with Crippen molar-refractivity contribution in [3.05, 3.63) is 58.9 Å². The Bertz CT molecular complexity index is 534. The van der Waals surface area contributed by atoms with Crippen LogP contribution in [0.25, 0.3) is 0 Å². The lowest BCUT2D eigenvalue weighted by atomic mass is 10.3. The van der Waals surface area contributed by atoms with E-state index in [0.717, 1.165) is 11.6 Å². The maximum absolute atomic E-state index is 13.3. The van der Waals surface area contributed by atoms with Gasteiger partial charge in [-0.2, -0.15) is 0 Å². The molecule has 0 saturated heterocycles. The third kappa shape index (κ3) is 3.17. The Morgan fingerprint density at radius 2 is 2.06 bits per heavy atom. The number of hydrogen-bond acceptors (Lipinski definition) is 2. The first-order valence-electron chi connectivity index (χ1n) is 4.84. The second-order valence-electron chi connectivity index (χ2n) is 3.32. The molecule has 88 valence electrons. The van der Waals surface area contributed by atoms with Crippen molar-refractivity contribution in [2.45, 2.75) is 10.6 Å². The van der Waals surface area contributed by atoms with E-state index in [9.17, 15) is 8.78 Å². The van der Waals surface area contributed by atoms with Crippen LogP contribution in [0.3, 0.4) is 0 Å². The first-order valence-corrected chi connectivity index (χ1v) is 6.20. The summed E-state index contributed by atoms with van der Waals surface area (Å²) in [5, 5.41) is 0.405. The van der Waals surface area contributed by atoms with Crippen LogP contribution in [-0.2, 0) is 5.75 Å². The number of pyridine rings is 1. The largest absolute Gasteiger partial charge is 0.244 e. The van der Waals surface area contributed by atoms with Crippen LogP contribution < -0.4 is 0 Å². The van der Waals surface area contributed by atoms with Gasteiger partial charge in [-0.1, -0.05) is 17.7 Å². The molecule has 0 radical (unpaired) electrons. The van der Waals surface area contributed by atoms with Gasteiger partial charge in [0.15, 0.2) is 0 Å². The van der Waals surface area contributed by atoms with Crippen LogP contribution in [0.2, 0.25) is 5.15 Å². The van der Waals surface area contributed by atoms with Gasteiger partial charge in [-0.25, -0.2) is 13.8 Å². The average molecular weight is 272 g/mol. The van der Waals surface area contributed by atoms with Crippen LogP contribution in [-0.4, -0.2) is 4.98 Å². The highest BCUT2D eigenvalue weighted by atomic mass is 35.5. The van der Waals surface area contributed by atoms with Crippen LogP contribution in [0, 0.1) is 11.6 Å². The molecule has 1 aromatic carbocycles. The minimum atomic E-state index is -0.578. The van der Waals surface area contributed by atoms with Crippen molar-refractivity contribution in [1.29, 1.82) is 0 Å². The second-order valence-corrected chi connectivity index (χ2v) is 4.69.